The topological polar surface area (TPSA) is 59.1 Å². The van der Waals surface area contributed by atoms with Crippen LogP contribution in [0.4, 0.5) is 0 Å². The number of benzene rings is 1. The van der Waals surface area contributed by atoms with Crippen molar-refractivity contribution in [3.63, 3.8) is 0 Å². The summed E-state index contributed by atoms with van der Waals surface area (Å²) >= 11 is 0. The summed E-state index contributed by atoms with van der Waals surface area (Å²) in [5.74, 6) is 1.68. The lowest BCUT2D eigenvalue weighted by Crippen LogP contribution is -2.45. The predicted molar refractivity (Wildman–Crippen MR) is 118 cm³/mol. The highest BCUT2D eigenvalue weighted by Gasteiger charge is 2.30. The SMILES string of the molecule is COc1cc(C=CC(=O)N2CCC(C(=O)N3CCCCC3)CC2)ccc1OC(C)C. The average Bonchev–Trinajstić information content (AvgIpc) is 2.78. The summed E-state index contributed by atoms with van der Waals surface area (Å²) in [7, 11) is 1.61. The second kappa shape index (κ2) is 10.5. The van der Waals surface area contributed by atoms with Crippen LogP contribution in [0.1, 0.15) is 51.5 Å². The van der Waals surface area contributed by atoms with Crippen LogP contribution in [-0.4, -0.2) is 61.0 Å². The Labute approximate surface area is 179 Å². The Balaban J connectivity index is 1.53. The standard InChI is InChI=1S/C24H34N2O4/c1-18(2)30-21-9-7-19(17-22(21)29-3)8-10-23(27)25-15-11-20(12-16-25)24(28)26-13-5-4-6-14-26/h7-10,17-18,20H,4-6,11-16H2,1-3H3. The van der Waals surface area contributed by atoms with Gasteiger partial charge < -0.3 is 19.3 Å². The van der Waals surface area contributed by atoms with E-state index in [2.05, 4.69) is 0 Å². The molecular weight excluding hydrogens is 380 g/mol. The van der Waals surface area contributed by atoms with Gasteiger partial charge in [0.05, 0.1) is 13.2 Å². The molecule has 0 saturated carbocycles. The molecule has 1 aromatic carbocycles. The molecule has 2 aliphatic rings. The minimum Gasteiger partial charge on any atom is -0.493 e. The van der Waals surface area contributed by atoms with Gasteiger partial charge in [-0.3, -0.25) is 9.59 Å². The summed E-state index contributed by atoms with van der Waals surface area (Å²) < 4.78 is 11.1. The molecule has 0 N–H and O–H groups in total. The summed E-state index contributed by atoms with van der Waals surface area (Å²) in [4.78, 5) is 29.1. The maximum Gasteiger partial charge on any atom is 0.246 e. The third kappa shape index (κ3) is 5.77. The Bertz CT molecular complexity index is 760. The Morgan fingerprint density at radius 2 is 1.70 bits per heavy atom. The fourth-order valence-electron chi connectivity index (χ4n) is 4.13. The molecule has 2 aliphatic heterocycles. The van der Waals surface area contributed by atoms with E-state index in [9.17, 15) is 9.59 Å². The smallest absolute Gasteiger partial charge is 0.246 e. The van der Waals surface area contributed by atoms with Crippen LogP contribution in [0.5, 0.6) is 11.5 Å². The average molecular weight is 415 g/mol. The number of piperidine rings is 2. The lowest BCUT2D eigenvalue weighted by atomic mass is 9.94. The third-order valence-electron chi connectivity index (χ3n) is 5.79. The fourth-order valence-corrected chi connectivity index (χ4v) is 4.13. The summed E-state index contributed by atoms with van der Waals surface area (Å²) in [6, 6.07) is 5.64. The Kier molecular flexibility index (Phi) is 7.77. The number of hydrogen-bond donors (Lipinski definition) is 0. The molecule has 2 saturated heterocycles. The number of carbonyl (C=O) groups is 2. The zero-order valence-electron chi connectivity index (χ0n) is 18.4. The maximum atomic E-state index is 12.7. The summed E-state index contributed by atoms with van der Waals surface area (Å²) in [5.41, 5.74) is 0.881. The lowest BCUT2D eigenvalue weighted by Gasteiger charge is -2.35. The van der Waals surface area contributed by atoms with Crippen molar-refractivity contribution in [3.05, 3.63) is 29.8 Å². The number of methoxy groups -OCH3 is 1. The van der Waals surface area contributed by atoms with E-state index in [0.29, 0.717) is 24.6 Å². The molecule has 0 bridgehead atoms. The van der Waals surface area contributed by atoms with Gasteiger partial charge in [-0.1, -0.05) is 6.07 Å². The van der Waals surface area contributed by atoms with Gasteiger partial charge in [0.1, 0.15) is 0 Å². The number of ether oxygens (including phenoxy) is 2. The maximum absolute atomic E-state index is 12.7. The quantitative estimate of drug-likeness (QED) is 0.666. The van der Waals surface area contributed by atoms with Gasteiger partial charge in [0.15, 0.2) is 11.5 Å². The summed E-state index contributed by atoms with van der Waals surface area (Å²) in [5, 5.41) is 0. The monoisotopic (exact) mass is 414 g/mol. The number of carbonyl (C=O) groups excluding carboxylic acids is 2. The van der Waals surface area contributed by atoms with Gasteiger partial charge in [0, 0.05) is 38.2 Å². The van der Waals surface area contributed by atoms with E-state index in [1.165, 1.54) is 6.42 Å². The number of likely N-dealkylation sites (tertiary alicyclic amines) is 2. The van der Waals surface area contributed by atoms with Gasteiger partial charge in [-0.25, -0.2) is 0 Å². The van der Waals surface area contributed by atoms with Crippen molar-refractivity contribution in [1.82, 2.24) is 9.80 Å². The number of nitrogens with zero attached hydrogens (tertiary/aromatic N) is 2. The lowest BCUT2D eigenvalue weighted by molar-refractivity contribution is -0.140. The molecule has 2 fully saturated rings. The van der Waals surface area contributed by atoms with Gasteiger partial charge in [0.2, 0.25) is 11.8 Å². The second-order valence-corrected chi connectivity index (χ2v) is 8.40. The molecule has 2 heterocycles. The van der Waals surface area contributed by atoms with Gasteiger partial charge in [-0.05, 0) is 69.7 Å². The molecule has 164 valence electrons. The van der Waals surface area contributed by atoms with E-state index in [4.69, 9.17) is 9.47 Å². The second-order valence-electron chi connectivity index (χ2n) is 8.40. The summed E-state index contributed by atoms with van der Waals surface area (Å²) in [6.07, 6.45) is 8.43. The minimum absolute atomic E-state index is 0.0136. The molecule has 0 spiro atoms. The van der Waals surface area contributed by atoms with Crippen LogP contribution in [0, 0.1) is 5.92 Å². The molecule has 1 aromatic rings. The zero-order chi connectivity index (χ0) is 21.5. The summed E-state index contributed by atoms with van der Waals surface area (Å²) in [6.45, 7) is 7.00. The van der Waals surface area contributed by atoms with Crippen molar-refractivity contribution in [2.75, 3.05) is 33.3 Å². The molecule has 0 radical (unpaired) electrons. The normalized spacial score (nSPS) is 18.1. The molecule has 3 rings (SSSR count). The third-order valence-corrected chi connectivity index (χ3v) is 5.79. The van der Waals surface area contributed by atoms with Gasteiger partial charge in [0.25, 0.3) is 0 Å². The first-order valence-corrected chi connectivity index (χ1v) is 11.1. The van der Waals surface area contributed by atoms with Crippen LogP contribution >= 0.6 is 0 Å². The van der Waals surface area contributed by atoms with Crippen molar-refractivity contribution < 1.29 is 19.1 Å². The molecule has 6 heteroatoms. The van der Waals surface area contributed by atoms with Gasteiger partial charge >= 0.3 is 0 Å². The van der Waals surface area contributed by atoms with E-state index in [0.717, 1.165) is 44.3 Å². The van der Waals surface area contributed by atoms with E-state index < -0.39 is 0 Å². The van der Waals surface area contributed by atoms with Crippen molar-refractivity contribution in [2.24, 2.45) is 5.92 Å². The van der Waals surface area contributed by atoms with Crippen LogP contribution < -0.4 is 9.47 Å². The minimum atomic E-state index is -0.0136. The number of rotatable bonds is 6. The van der Waals surface area contributed by atoms with Crippen molar-refractivity contribution in [1.29, 1.82) is 0 Å². The Morgan fingerprint density at radius 3 is 2.33 bits per heavy atom. The largest absolute Gasteiger partial charge is 0.493 e. The first-order valence-electron chi connectivity index (χ1n) is 11.1. The molecule has 30 heavy (non-hydrogen) atoms. The predicted octanol–water partition coefficient (Wildman–Crippen LogP) is 3.75. The van der Waals surface area contributed by atoms with Crippen LogP contribution in [0.3, 0.4) is 0 Å². The molecular formula is C24H34N2O4. The highest BCUT2D eigenvalue weighted by Crippen LogP contribution is 2.29. The van der Waals surface area contributed by atoms with Crippen molar-refractivity contribution in [3.8, 4) is 11.5 Å². The van der Waals surface area contributed by atoms with Crippen LogP contribution in [0.15, 0.2) is 24.3 Å². The van der Waals surface area contributed by atoms with Crippen molar-refractivity contribution in [2.45, 2.75) is 52.1 Å². The van der Waals surface area contributed by atoms with Crippen LogP contribution in [0.2, 0.25) is 0 Å². The first-order chi connectivity index (χ1) is 14.5. The highest BCUT2D eigenvalue weighted by atomic mass is 16.5. The van der Waals surface area contributed by atoms with Gasteiger partial charge in [-0.2, -0.15) is 0 Å². The molecule has 6 nitrogen and oxygen atoms in total. The molecule has 2 amide bonds. The van der Waals surface area contributed by atoms with E-state index >= 15 is 0 Å². The van der Waals surface area contributed by atoms with E-state index in [1.54, 1.807) is 19.3 Å². The zero-order valence-corrected chi connectivity index (χ0v) is 18.4. The Morgan fingerprint density at radius 1 is 1.00 bits per heavy atom. The van der Waals surface area contributed by atoms with Crippen LogP contribution in [0.25, 0.3) is 6.08 Å². The molecule has 0 unspecified atom stereocenters. The Hall–Kier alpha value is -2.50. The highest BCUT2D eigenvalue weighted by molar-refractivity contribution is 5.92. The first kappa shape index (κ1) is 22.2. The fraction of sp³-hybridized carbons (Fsp3) is 0.583. The number of hydrogen-bond acceptors (Lipinski definition) is 4. The molecule has 0 aromatic heterocycles. The number of amides is 2. The van der Waals surface area contributed by atoms with Crippen LogP contribution in [-0.2, 0) is 9.59 Å². The van der Waals surface area contributed by atoms with E-state index in [1.807, 2.05) is 41.8 Å². The van der Waals surface area contributed by atoms with Crippen molar-refractivity contribution >= 4 is 17.9 Å². The molecule has 0 atom stereocenters. The van der Waals surface area contributed by atoms with Gasteiger partial charge in [-0.15, -0.1) is 0 Å². The molecule has 0 aliphatic carbocycles. The van der Waals surface area contributed by atoms with E-state index in [-0.39, 0.29) is 23.8 Å².